The number of carboxylic acids is 1. The Morgan fingerprint density at radius 1 is 1.62 bits per heavy atom. The van der Waals surface area contributed by atoms with Gasteiger partial charge < -0.3 is 10.8 Å². The Hall–Kier alpha value is -1.42. The molecule has 0 aromatic carbocycles. The van der Waals surface area contributed by atoms with Crippen molar-refractivity contribution in [3.63, 3.8) is 0 Å². The number of carboxylic acid groups (broad SMARTS) is 1. The monoisotopic (exact) mass is 180 g/mol. The smallest absolute Gasteiger partial charge is 0.305 e. The molecule has 0 bridgehead atoms. The molecule has 1 aromatic heterocycles. The summed E-state index contributed by atoms with van der Waals surface area (Å²) in [5.74, 6) is -0.901. The van der Waals surface area contributed by atoms with E-state index < -0.39 is 11.5 Å². The van der Waals surface area contributed by atoms with E-state index in [4.69, 9.17) is 10.8 Å². The highest BCUT2D eigenvalue weighted by molar-refractivity contribution is 5.68. The number of aliphatic carboxylic acids is 1. The Labute approximate surface area is 76.4 Å². The summed E-state index contributed by atoms with van der Waals surface area (Å²) in [5, 5.41) is 8.61. The SMILES string of the molecule is C[C@@](N)(CC(=O)O)c1ccncc1. The maximum Gasteiger partial charge on any atom is 0.305 e. The third-order valence-electron chi connectivity index (χ3n) is 1.86. The van der Waals surface area contributed by atoms with Gasteiger partial charge in [-0.05, 0) is 24.6 Å². The zero-order chi connectivity index (χ0) is 9.90. The first-order valence-corrected chi connectivity index (χ1v) is 3.93. The molecule has 1 aromatic rings. The topological polar surface area (TPSA) is 76.2 Å². The van der Waals surface area contributed by atoms with Crippen LogP contribution >= 0.6 is 0 Å². The fourth-order valence-electron chi connectivity index (χ4n) is 1.15. The molecule has 0 unspecified atom stereocenters. The van der Waals surface area contributed by atoms with Gasteiger partial charge in [0.2, 0.25) is 0 Å². The second-order valence-electron chi connectivity index (χ2n) is 3.22. The van der Waals surface area contributed by atoms with Gasteiger partial charge >= 0.3 is 5.97 Å². The van der Waals surface area contributed by atoms with Crippen LogP contribution in [0.15, 0.2) is 24.5 Å². The third kappa shape index (κ3) is 2.52. The largest absolute Gasteiger partial charge is 0.481 e. The van der Waals surface area contributed by atoms with Crippen LogP contribution in [-0.2, 0) is 10.3 Å². The standard InChI is InChI=1S/C9H12N2O2/c1-9(10,6-8(12)13)7-2-4-11-5-3-7/h2-5H,6,10H2,1H3,(H,12,13)/t9-/m1/s1. The first-order valence-electron chi connectivity index (χ1n) is 3.93. The molecule has 0 amide bonds. The average Bonchev–Trinajstić information content (AvgIpc) is 2.04. The fraction of sp³-hybridized carbons (Fsp3) is 0.333. The molecule has 0 saturated carbocycles. The first kappa shape index (κ1) is 9.67. The zero-order valence-corrected chi connectivity index (χ0v) is 7.40. The number of carbonyl (C=O) groups is 1. The van der Waals surface area contributed by atoms with Crippen molar-refractivity contribution in [2.45, 2.75) is 18.9 Å². The molecule has 1 heterocycles. The molecule has 70 valence electrons. The fourth-order valence-corrected chi connectivity index (χ4v) is 1.15. The predicted octanol–water partition coefficient (Wildman–Crippen LogP) is 0.730. The van der Waals surface area contributed by atoms with Crippen molar-refractivity contribution in [1.82, 2.24) is 4.98 Å². The summed E-state index contributed by atoms with van der Waals surface area (Å²) in [5.41, 5.74) is 5.79. The van der Waals surface area contributed by atoms with Crippen molar-refractivity contribution >= 4 is 5.97 Å². The van der Waals surface area contributed by atoms with Crippen LogP contribution in [0.3, 0.4) is 0 Å². The van der Waals surface area contributed by atoms with Crippen molar-refractivity contribution in [2.24, 2.45) is 5.73 Å². The summed E-state index contributed by atoms with van der Waals surface area (Å²) in [6.07, 6.45) is 3.11. The highest BCUT2D eigenvalue weighted by Gasteiger charge is 2.24. The van der Waals surface area contributed by atoms with Crippen molar-refractivity contribution < 1.29 is 9.90 Å². The van der Waals surface area contributed by atoms with E-state index in [2.05, 4.69) is 4.98 Å². The van der Waals surface area contributed by atoms with E-state index in [9.17, 15) is 4.79 Å². The van der Waals surface area contributed by atoms with Crippen LogP contribution in [-0.4, -0.2) is 16.1 Å². The van der Waals surface area contributed by atoms with E-state index in [1.165, 1.54) is 0 Å². The summed E-state index contributed by atoms with van der Waals surface area (Å²) < 4.78 is 0. The summed E-state index contributed by atoms with van der Waals surface area (Å²) in [6.45, 7) is 1.69. The normalized spacial score (nSPS) is 14.9. The number of pyridine rings is 1. The number of nitrogens with zero attached hydrogens (tertiary/aromatic N) is 1. The maximum atomic E-state index is 10.5. The van der Waals surface area contributed by atoms with E-state index >= 15 is 0 Å². The molecule has 13 heavy (non-hydrogen) atoms. The number of hydrogen-bond donors (Lipinski definition) is 2. The van der Waals surface area contributed by atoms with Crippen LogP contribution in [0.1, 0.15) is 18.9 Å². The van der Waals surface area contributed by atoms with Crippen LogP contribution in [0.4, 0.5) is 0 Å². The first-order chi connectivity index (χ1) is 6.02. The molecule has 3 N–H and O–H groups in total. The zero-order valence-electron chi connectivity index (χ0n) is 7.40. The molecule has 0 spiro atoms. The van der Waals surface area contributed by atoms with Gasteiger partial charge in [-0.2, -0.15) is 0 Å². The second kappa shape index (κ2) is 3.53. The molecule has 0 fully saturated rings. The minimum absolute atomic E-state index is 0.0863. The lowest BCUT2D eigenvalue weighted by atomic mass is 9.91. The Kier molecular flexibility index (Phi) is 2.63. The highest BCUT2D eigenvalue weighted by Crippen LogP contribution is 2.20. The van der Waals surface area contributed by atoms with Crippen molar-refractivity contribution in [1.29, 1.82) is 0 Å². The molecule has 0 radical (unpaired) electrons. The van der Waals surface area contributed by atoms with Gasteiger partial charge in [-0.25, -0.2) is 0 Å². The Morgan fingerprint density at radius 2 is 2.15 bits per heavy atom. The summed E-state index contributed by atoms with van der Waals surface area (Å²) >= 11 is 0. The lowest BCUT2D eigenvalue weighted by Crippen LogP contribution is -2.35. The highest BCUT2D eigenvalue weighted by atomic mass is 16.4. The van der Waals surface area contributed by atoms with Gasteiger partial charge in [0.1, 0.15) is 0 Å². The number of aromatic nitrogens is 1. The molecule has 4 heteroatoms. The predicted molar refractivity (Wildman–Crippen MR) is 48.0 cm³/mol. The maximum absolute atomic E-state index is 10.5. The Morgan fingerprint density at radius 3 is 2.62 bits per heavy atom. The molecular formula is C9H12N2O2. The molecular weight excluding hydrogens is 168 g/mol. The summed E-state index contributed by atoms with van der Waals surface area (Å²) in [7, 11) is 0. The molecule has 0 aliphatic carbocycles. The number of hydrogen-bond acceptors (Lipinski definition) is 3. The molecule has 0 saturated heterocycles. The molecule has 0 aliphatic rings. The van der Waals surface area contributed by atoms with Gasteiger partial charge in [-0.1, -0.05) is 0 Å². The molecule has 0 aliphatic heterocycles. The Balaban J connectivity index is 2.87. The minimum Gasteiger partial charge on any atom is -0.481 e. The van der Waals surface area contributed by atoms with Crippen LogP contribution in [0.5, 0.6) is 0 Å². The lowest BCUT2D eigenvalue weighted by Gasteiger charge is -2.22. The van der Waals surface area contributed by atoms with Crippen molar-refractivity contribution in [3.8, 4) is 0 Å². The van der Waals surface area contributed by atoms with Gasteiger partial charge in [0.15, 0.2) is 0 Å². The summed E-state index contributed by atoms with van der Waals surface area (Å²) in [4.78, 5) is 14.3. The van der Waals surface area contributed by atoms with Gasteiger partial charge in [0, 0.05) is 17.9 Å². The average molecular weight is 180 g/mol. The van der Waals surface area contributed by atoms with Gasteiger partial charge in [-0.15, -0.1) is 0 Å². The van der Waals surface area contributed by atoms with Gasteiger partial charge in [-0.3, -0.25) is 9.78 Å². The number of rotatable bonds is 3. The van der Waals surface area contributed by atoms with Crippen LogP contribution in [0.2, 0.25) is 0 Å². The molecule has 4 nitrogen and oxygen atoms in total. The molecule has 1 rings (SSSR count). The van der Waals surface area contributed by atoms with Crippen LogP contribution in [0.25, 0.3) is 0 Å². The van der Waals surface area contributed by atoms with Gasteiger partial charge in [0.25, 0.3) is 0 Å². The van der Waals surface area contributed by atoms with E-state index in [1.807, 2.05) is 0 Å². The van der Waals surface area contributed by atoms with E-state index in [0.29, 0.717) is 0 Å². The quantitative estimate of drug-likeness (QED) is 0.719. The number of nitrogens with two attached hydrogens (primary N) is 1. The van der Waals surface area contributed by atoms with Crippen LogP contribution < -0.4 is 5.73 Å². The van der Waals surface area contributed by atoms with E-state index in [-0.39, 0.29) is 6.42 Å². The van der Waals surface area contributed by atoms with Crippen LogP contribution in [0, 0.1) is 0 Å². The molecule has 1 atom stereocenters. The van der Waals surface area contributed by atoms with Gasteiger partial charge in [0.05, 0.1) is 6.42 Å². The minimum atomic E-state index is -0.901. The van der Waals surface area contributed by atoms with Crippen molar-refractivity contribution in [3.05, 3.63) is 30.1 Å². The Bertz CT molecular complexity index is 296. The van der Waals surface area contributed by atoms with E-state index in [0.717, 1.165) is 5.56 Å². The summed E-state index contributed by atoms with van der Waals surface area (Å²) in [6, 6.07) is 3.45. The van der Waals surface area contributed by atoms with E-state index in [1.54, 1.807) is 31.5 Å². The third-order valence-corrected chi connectivity index (χ3v) is 1.86. The second-order valence-corrected chi connectivity index (χ2v) is 3.22. The van der Waals surface area contributed by atoms with Crippen molar-refractivity contribution in [2.75, 3.05) is 0 Å². The lowest BCUT2D eigenvalue weighted by molar-refractivity contribution is -0.138.